The maximum atomic E-state index is 12.4. The molecule has 0 saturated carbocycles. The SMILES string of the molecule is CN1CCc2cc([C@H](CNC(=O)COc3ccc(Cl)cc3Cl)N3CCCC3)ccc21. The Hall–Kier alpha value is -1.95. The smallest absolute Gasteiger partial charge is 0.258 e. The minimum Gasteiger partial charge on any atom is -0.482 e. The lowest BCUT2D eigenvalue weighted by Gasteiger charge is -2.29. The van der Waals surface area contributed by atoms with Gasteiger partial charge in [0.25, 0.3) is 5.91 Å². The van der Waals surface area contributed by atoms with Gasteiger partial charge in [0.1, 0.15) is 5.75 Å². The highest BCUT2D eigenvalue weighted by atomic mass is 35.5. The average molecular weight is 448 g/mol. The fraction of sp³-hybridized carbons (Fsp3) is 0.435. The predicted molar refractivity (Wildman–Crippen MR) is 122 cm³/mol. The number of nitrogens with one attached hydrogen (secondary N) is 1. The molecule has 0 aromatic heterocycles. The van der Waals surface area contributed by atoms with Crippen LogP contribution < -0.4 is 15.0 Å². The van der Waals surface area contributed by atoms with E-state index in [1.54, 1.807) is 18.2 Å². The van der Waals surface area contributed by atoms with E-state index in [9.17, 15) is 4.79 Å². The van der Waals surface area contributed by atoms with Gasteiger partial charge < -0.3 is 15.0 Å². The summed E-state index contributed by atoms with van der Waals surface area (Å²) in [5.74, 6) is 0.293. The molecule has 7 heteroatoms. The summed E-state index contributed by atoms with van der Waals surface area (Å²) in [6, 6.07) is 11.9. The van der Waals surface area contributed by atoms with Crippen molar-refractivity contribution in [3.05, 3.63) is 57.6 Å². The van der Waals surface area contributed by atoms with Gasteiger partial charge in [-0.05, 0) is 67.7 Å². The summed E-state index contributed by atoms with van der Waals surface area (Å²) in [5.41, 5.74) is 3.98. The number of rotatable bonds is 7. The Morgan fingerprint density at radius 1 is 1.13 bits per heavy atom. The van der Waals surface area contributed by atoms with E-state index >= 15 is 0 Å². The number of likely N-dealkylation sites (tertiary alicyclic amines) is 1. The van der Waals surface area contributed by atoms with Crippen molar-refractivity contribution in [2.24, 2.45) is 0 Å². The number of nitrogens with zero attached hydrogens (tertiary/aromatic N) is 2. The Bertz CT molecular complexity index is 915. The van der Waals surface area contributed by atoms with Crippen LogP contribution in [0.4, 0.5) is 5.69 Å². The summed E-state index contributed by atoms with van der Waals surface area (Å²) in [7, 11) is 2.14. The molecular formula is C23H27Cl2N3O2. The quantitative estimate of drug-likeness (QED) is 0.686. The van der Waals surface area contributed by atoms with E-state index < -0.39 is 0 Å². The second-order valence-electron chi connectivity index (χ2n) is 7.99. The first-order chi connectivity index (χ1) is 14.5. The summed E-state index contributed by atoms with van der Waals surface area (Å²) < 4.78 is 5.57. The van der Waals surface area contributed by atoms with Gasteiger partial charge in [-0.2, -0.15) is 0 Å². The van der Waals surface area contributed by atoms with Crippen molar-refractivity contribution in [2.45, 2.75) is 25.3 Å². The van der Waals surface area contributed by atoms with Crippen LogP contribution in [0, 0.1) is 0 Å². The highest BCUT2D eigenvalue weighted by molar-refractivity contribution is 6.35. The zero-order valence-corrected chi connectivity index (χ0v) is 18.7. The monoisotopic (exact) mass is 447 g/mol. The van der Waals surface area contributed by atoms with Gasteiger partial charge in [-0.15, -0.1) is 0 Å². The highest BCUT2D eigenvalue weighted by Gasteiger charge is 2.26. The number of ether oxygens (including phenoxy) is 1. The number of benzene rings is 2. The van der Waals surface area contributed by atoms with Crippen LogP contribution in [0.2, 0.25) is 10.0 Å². The van der Waals surface area contributed by atoms with Gasteiger partial charge in [-0.3, -0.25) is 9.69 Å². The van der Waals surface area contributed by atoms with Crippen LogP contribution >= 0.6 is 23.2 Å². The molecule has 1 amide bonds. The third-order valence-electron chi connectivity index (χ3n) is 5.94. The normalized spacial score (nSPS) is 17.1. The summed E-state index contributed by atoms with van der Waals surface area (Å²) >= 11 is 12.0. The number of carbonyl (C=O) groups excluding carboxylic acids is 1. The van der Waals surface area contributed by atoms with E-state index in [0.29, 0.717) is 22.3 Å². The molecule has 30 heavy (non-hydrogen) atoms. The molecule has 2 heterocycles. The average Bonchev–Trinajstić information content (AvgIpc) is 3.38. The molecule has 0 aliphatic carbocycles. The number of hydrogen-bond donors (Lipinski definition) is 1. The van der Waals surface area contributed by atoms with Gasteiger partial charge in [-0.1, -0.05) is 35.3 Å². The molecule has 1 fully saturated rings. The van der Waals surface area contributed by atoms with Crippen molar-refractivity contribution in [3.8, 4) is 5.75 Å². The molecule has 0 unspecified atom stereocenters. The second-order valence-corrected chi connectivity index (χ2v) is 8.83. The van der Waals surface area contributed by atoms with Crippen LogP contribution in [0.15, 0.2) is 36.4 Å². The van der Waals surface area contributed by atoms with Crippen LogP contribution in [0.25, 0.3) is 0 Å². The molecule has 1 N–H and O–H groups in total. The van der Waals surface area contributed by atoms with Crippen molar-refractivity contribution in [3.63, 3.8) is 0 Å². The Morgan fingerprint density at radius 2 is 1.93 bits per heavy atom. The third-order valence-corrected chi connectivity index (χ3v) is 6.47. The number of anilines is 1. The van der Waals surface area contributed by atoms with Gasteiger partial charge in [-0.25, -0.2) is 0 Å². The van der Waals surface area contributed by atoms with Gasteiger partial charge in [0.15, 0.2) is 6.61 Å². The third kappa shape index (κ3) is 4.85. The number of amides is 1. The molecule has 0 bridgehead atoms. The van der Waals surface area contributed by atoms with E-state index in [4.69, 9.17) is 27.9 Å². The molecule has 0 radical (unpaired) electrons. The first kappa shape index (κ1) is 21.3. The molecule has 1 saturated heterocycles. The number of halogens is 2. The lowest BCUT2D eigenvalue weighted by Crippen LogP contribution is -2.38. The molecule has 2 aliphatic rings. The van der Waals surface area contributed by atoms with E-state index in [1.807, 2.05) is 0 Å². The Morgan fingerprint density at radius 3 is 2.70 bits per heavy atom. The van der Waals surface area contributed by atoms with Crippen molar-refractivity contribution >= 4 is 34.8 Å². The van der Waals surface area contributed by atoms with Crippen LogP contribution in [-0.2, 0) is 11.2 Å². The molecule has 2 aliphatic heterocycles. The van der Waals surface area contributed by atoms with E-state index in [1.165, 1.54) is 29.7 Å². The van der Waals surface area contributed by atoms with Gasteiger partial charge in [0.2, 0.25) is 0 Å². The van der Waals surface area contributed by atoms with E-state index in [0.717, 1.165) is 26.1 Å². The molecule has 2 aromatic carbocycles. The topological polar surface area (TPSA) is 44.8 Å². The Labute approximate surface area is 187 Å². The predicted octanol–water partition coefficient (Wildman–Crippen LogP) is 4.32. The fourth-order valence-corrected chi connectivity index (χ4v) is 4.77. The molecule has 0 spiro atoms. The van der Waals surface area contributed by atoms with Gasteiger partial charge in [0, 0.05) is 30.8 Å². The summed E-state index contributed by atoms with van der Waals surface area (Å²) in [6.45, 7) is 3.67. The molecule has 5 nitrogen and oxygen atoms in total. The van der Waals surface area contributed by atoms with Crippen LogP contribution in [0.3, 0.4) is 0 Å². The molecule has 1 atom stereocenters. The number of hydrogen-bond acceptors (Lipinski definition) is 4. The minimum absolute atomic E-state index is 0.0803. The van der Waals surface area contributed by atoms with Crippen molar-refractivity contribution in [2.75, 3.05) is 44.7 Å². The standard InChI is InChI=1S/C23H27Cl2N3O2/c1-27-11-8-17-12-16(4-6-20(17)27)21(28-9-2-3-10-28)14-26-23(29)15-30-22-7-5-18(24)13-19(22)25/h4-7,12-13,21H,2-3,8-11,14-15H2,1H3,(H,26,29)/t21-/m0/s1. The van der Waals surface area contributed by atoms with Gasteiger partial charge >= 0.3 is 0 Å². The zero-order valence-electron chi connectivity index (χ0n) is 17.2. The van der Waals surface area contributed by atoms with E-state index in [-0.39, 0.29) is 18.6 Å². The van der Waals surface area contributed by atoms with Gasteiger partial charge in [0.05, 0.1) is 11.1 Å². The minimum atomic E-state index is -0.161. The van der Waals surface area contributed by atoms with Crippen molar-refractivity contribution < 1.29 is 9.53 Å². The largest absolute Gasteiger partial charge is 0.482 e. The number of likely N-dealkylation sites (N-methyl/N-ethyl adjacent to an activating group) is 1. The zero-order chi connectivity index (χ0) is 21.1. The maximum absolute atomic E-state index is 12.4. The van der Waals surface area contributed by atoms with E-state index in [2.05, 4.69) is 40.4 Å². The molecule has 2 aromatic rings. The molecule has 4 rings (SSSR count). The van der Waals surface area contributed by atoms with Crippen LogP contribution in [-0.4, -0.2) is 50.6 Å². The maximum Gasteiger partial charge on any atom is 0.258 e. The van der Waals surface area contributed by atoms with Crippen LogP contribution in [0.1, 0.15) is 30.0 Å². The first-order valence-corrected chi connectivity index (χ1v) is 11.2. The number of fused-ring (bicyclic) bond motifs is 1. The van der Waals surface area contributed by atoms with Crippen LogP contribution in [0.5, 0.6) is 5.75 Å². The van der Waals surface area contributed by atoms with Crippen molar-refractivity contribution in [1.82, 2.24) is 10.2 Å². The lowest BCUT2D eigenvalue weighted by atomic mass is 10.0. The molecular weight excluding hydrogens is 421 g/mol. The first-order valence-electron chi connectivity index (χ1n) is 10.4. The Balaban J connectivity index is 1.39. The second kappa shape index (κ2) is 9.46. The fourth-order valence-electron chi connectivity index (χ4n) is 4.30. The lowest BCUT2D eigenvalue weighted by molar-refractivity contribution is -0.123. The summed E-state index contributed by atoms with van der Waals surface area (Å²) in [4.78, 5) is 17.2. The molecule has 160 valence electrons. The highest BCUT2D eigenvalue weighted by Crippen LogP contribution is 2.32. The number of carbonyl (C=O) groups is 1. The van der Waals surface area contributed by atoms with Crippen molar-refractivity contribution in [1.29, 1.82) is 0 Å². The summed E-state index contributed by atoms with van der Waals surface area (Å²) in [5, 5.41) is 3.98. The Kier molecular flexibility index (Phi) is 6.71. The summed E-state index contributed by atoms with van der Waals surface area (Å²) in [6.07, 6.45) is 3.49.